The summed E-state index contributed by atoms with van der Waals surface area (Å²) in [5.41, 5.74) is 1.32. The Labute approximate surface area is 169 Å². The lowest BCUT2D eigenvalue weighted by Crippen LogP contribution is -3.14. The van der Waals surface area contributed by atoms with Crippen LogP contribution < -0.4 is 20.9 Å². The second-order valence-electron chi connectivity index (χ2n) is 6.44. The van der Waals surface area contributed by atoms with Gasteiger partial charge >= 0.3 is 0 Å². The molecule has 0 saturated carbocycles. The average molecular weight is 404 g/mol. The highest BCUT2D eigenvalue weighted by Crippen LogP contribution is 2.13. The van der Waals surface area contributed by atoms with Crippen LogP contribution in [0.3, 0.4) is 0 Å². The van der Waals surface area contributed by atoms with E-state index in [4.69, 9.17) is 0 Å². The Morgan fingerprint density at radius 1 is 0.964 bits per heavy atom. The van der Waals surface area contributed by atoms with Crippen molar-refractivity contribution in [3.05, 3.63) is 46.7 Å². The number of hydrogen-bond donors (Lipinski definition) is 4. The maximum atomic E-state index is 12.3. The molecule has 4 N–H and O–H groups in total. The van der Waals surface area contributed by atoms with E-state index >= 15 is 0 Å². The van der Waals surface area contributed by atoms with Crippen molar-refractivity contribution in [2.75, 3.05) is 36.8 Å². The Balaban J connectivity index is 1.73. The number of amides is 3. The van der Waals surface area contributed by atoms with Gasteiger partial charge in [0.1, 0.15) is 0 Å². The fourth-order valence-electron chi connectivity index (χ4n) is 2.65. The molecular formula is C20H27N4O3S+. The van der Waals surface area contributed by atoms with Crippen molar-refractivity contribution in [2.24, 2.45) is 0 Å². The molecule has 7 nitrogen and oxygen atoms in total. The van der Waals surface area contributed by atoms with Crippen molar-refractivity contribution in [1.29, 1.82) is 0 Å². The predicted molar refractivity (Wildman–Crippen MR) is 112 cm³/mol. The first-order valence-electron chi connectivity index (χ1n) is 9.26. The molecule has 28 heavy (non-hydrogen) atoms. The molecule has 8 heteroatoms. The highest BCUT2D eigenvalue weighted by atomic mass is 32.1. The van der Waals surface area contributed by atoms with Crippen molar-refractivity contribution < 1.29 is 19.3 Å². The molecule has 0 aliphatic carbocycles. The largest absolute Gasteiger partial charge is 0.351 e. The second-order valence-corrected chi connectivity index (χ2v) is 7.48. The van der Waals surface area contributed by atoms with E-state index in [-0.39, 0.29) is 30.8 Å². The summed E-state index contributed by atoms with van der Waals surface area (Å²) in [5, 5.41) is 10.4. The van der Waals surface area contributed by atoms with E-state index in [1.807, 2.05) is 24.4 Å². The van der Waals surface area contributed by atoms with E-state index in [0.717, 1.165) is 11.3 Å². The molecule has 1 heterocycles. The number of likely N-dealkylation sites (N-methyl/N-ethyl adjacent to an activating group) is 1. The monoisotopic (exact) mass is 403 g/mol. The molecule has 1 atom stereocenters. The van der Waals surface area contributed by atoms with Crippen molar-refractivity contribution in [2.45, 2.75) is 20.3 Å². The SMILES string of the molecule is CC[NH+](CC(=O)NCCc1cccs1)CC(=O)Nc1ccc(NC(C)=O)cc1. The number of benzene rings is 1. The summed E-state index contributed by atoms with van der Waals surface area (Å²) in [7, 11) is 0. The third kappa shape index (κ3) is 7.89. The minimum absolute atomic E-state index is 0.0548. The topological polar surface area (TPSA) is 91.7 Å². The van der Waals surface area contributed by atoms with Gasteiger partial charge in [0.15, 0.2) is 13.1 Å². The van der Waals surface area contributed by atoms with Crippen molar-refractivity contribution in [3.63, 3.8) is 0 Å². The highest BCUT2D eigenvalue weighted by molar-refractivity contribution is 7.09. The molecule has 0 fully saturated rings. The molecule has 2 aromatic rings. The third-order valence-corrected chi connectivity index (χ3v) is 5.02. The summed E-state index contributed by atoms with van der Waals surface area (Å²) < 4.78 is 0. The van der Waals surface area contributed by atoms with Gasteiger partial charge in [0.2, 0.25) is 5.91 Å². The highest BCUT2D eigenvalue weighted by Gasteiger charge is 2.16. The molecule has 0 aliphatic rings. The van der Waals surface area contributed by atoms with Crippen LogP contribution in [0.2, 0.25) is 0 Å². The minimum atomic E-state index is -0.157. The van der Waals surface area contributed by atoms with Gasteiger partial charge in [0.25, 0.3) is 11.8 Å². The molecule has 0 spiro atoms. The molecule has 0 saturated heterocycles. The van der Waals surface area contributed by atoms with E-state index in [9.17, 15) is 14.4 Å². The molecule has 1 aromatic heterocycles. The van der Waals surface area contributed by atoms with Gasteiger partial charge in [0.05, 0.1) is 6.54 Å². The van der Waals surface area contributed by atoms with E-state index in [2.05, 4.69) is 16.0 Å². The van der Waals surface area contributed by atoms with Crippen LogP contribution in [-0.4, -0.2) is 43.9 Å². The van der Waals surface area contributed by atoms with Crippen molar-refractivity contribution in [1.82, 2.24) is 5.32 Å². The van der Waals surface area contributed by atoms with Gasteiger partial charge in [-0.05, 0) is 49.1 Å². The summed E-state index contributed by atoms with van der Waals surface area (Å²) in [6.45, 7) is 5.13. The Morgan fingerprint density at radius 2 is 1.61 bits per heavy atom. The summed E-state index contributed by atoms with van der Waals surface area (Å²) in [5.74, 6) is -0.357. The third-order valence-electron chi connectivity index (χ3n) is 4.08. The number of thiophene rings is 1. The van der Waals surface area contributed by atoms with Crippen LogP contribution in [0, 0.1) is 0 Å². The fourth-order valence-corrected chi connectivity index (χ4v) is 3.36. The maximum absolute atomic E-state index is 12.3. The Bertz CT molecular complexity index is 775. The van der Waals surface area contributed by atoms with Crippen molar-refractivity contribution in [3.8, 4) is 0 Å². The maximum Gasteiger partial charge on any atom is 0.279 e. The lowest BCUT2D eigenvalue weighted by molar-refractivity contribution is -0.881. The molecule has 0 radical (unpaired) electrons. The molecule has 150 valence electrons. The summed E-state index contributed by atoms with van der Waals surface area (Å²) >= 11 is 1.68. The number of nitrogens with one attached hydrogen (secondary N) is 4. The summed E-state index contributed by atoms with van der Waals surface area (Å²) in [4.78, 5) is 37.5. The lowest BCUT2D eigenvalue weighted by atomic mass is 10.2. The van der Waals surface area contributed by atoms with E-state index in [0.29, 0.717) is 24.5 Å². The van der Waals surface area contributed by atoms with E-state index < -0.39 is 0 Å². The zero-order valence-electron chi connectivity index (χ0n) is 16.2. The van der Waals surface area contributed by atoms with Gasteiger partial charge in [-0.15, -0.1) is 11.3 Å². The molecule has 2 rings (SSSR count). The number of quaternary nitrogens is 1. The van der Waals surface area contributed by atoms with Gasteiger partial charge in [-0.3, -0.25) is 14.4 Å². The molecule has 3 amide bonds. The van der Waals surface area contributed by atoms with Gasteiger partial charge in [-0.2, -0.15) is 0 Å². The Hall–Kier alpha value is -2.71. The average Bonchev–Trinajstić information content (AvgIpc) is 3.15. The van der Waals surface area contributed by atoms with Gasteiger partial charge in [-0.1, -0.05) is 6.07 Å². The van der Waals surface area contributed by atoms with Crippen LogP contribution in [0.5, 0.6) is 0 Å². The summed E-state index contributed by atoms with van der Waals surface area (Å²) in [6.07, 6.45) is 0.819. The number of rotatable bonds is 10. The second kappa shape index (κ2) is 11.2. The predicted octanol–water partition coefficient (Wildman–Crippen LogP) is 0.909. The molecular weight excluding hydrogens is 376 g/mol. The van der Waals surface area contributed by atoms with Gasteiger partial charge in [-0.25, -0.2) is 0 Å². The normalized spacial score (nSPS) is 11.5. The smallest absolute Gasteiger partial charge is 0.279 e. The van der Waals surface area contributed by atoms with Crippen molar-refractivity contribution >= 4 is 40.4 Å². The first-order valence-corrected chi connectivity index (χ1v) is 10.1. The number of carbonyl (C=O) groups is 3. The summed E-state index contributed by atoms with van der Waals surface area (Å²) in [6, 6.07) is 11.0. The number of hydrogen-bond acceptors (Lipinski definition) is 4. The fraction of sp³-hybridized carbons (Fsp3) is 0.350. The lowest BCUT2D eigenvalue weighted by Gasteiger charge is -2.17. The van der Waals surface area contributed by atoms with Gasteiger partial charge in [0, 0.05) is 29.7 Å². The van der Waals surface area contributed by atoms with Crippen LogP contribution in [0.25, 0.3) is 0 Å². The van der Waals surface area contributed by atoms with Crippen LogP contribution in [0.15, 0.2) is 41.8 Å². The first kappa shape index (κ1) is 21.6. The van der Waals surface area contributed by atoms with Crippen LogP contribution in [-0.2, 0) is 20.8 Å². The molecule has 0 bridgehead atoms. The standard InChI is InChI=1S/C20H26N4O3S/c1-3-24(13-19(26)21-11-10-18-5-4-12-28-18)14-20(27)23-17-8-6-16(7-9-17)22-15(2)25/h4-9,12H,3,10-11,13-14H2,1-2H3,(H,21,26)(H,22,25)(H,23,27)/p+1. The zero-order valence-corrected chi connectivity index (χ0v) is 17.0. The minimum Gasteiger partial charge on any atom is -0.351 e. The van der Waals surface area contributed by atoms with E-state index in [1.54, 1.807) is 35.6 Å². The van der Waals surface area contributed by atoms with Crippen LogP contribution in [0.4, 0.5) is 11.4 Å². The number of carbonyl (C=O) groups excluding carboxylic acids is 3. The van der Waals surface area contributed by atoms with E-state index in [1.165, 1.54) is 11.8 Å². The Kier molecular flexibility index (Phi) is 8.64. The van der Waals surface area contributed by atoms with Crippen LogP contribution in [0.1, 0.15) is 18.7 Å². The zero-order chi connectivity index (χ0) is 20.4. The quantitative estimate of drug-likeness (QED) is 0.475. The number of anilines is 2. The Morgan fingerprint density at radius 3 is 2.18 bits per heavy atom. The van der Waals surface area contributed by atoms with Gasteiger partial charge < -0.3 is 20.9 Å². The van der Waals surface area contributed by atoms with Crippen LogP contribution >= 0.6 is 11.3 Å². The molecule has 1 unspecified atom stereocenters. The molecule has 1 aromatic carbocycles. The molecule has 0 aliphatic heterocycles. The first-order chi connectivity index (χ1) is 13.5.